The zero-order chi connectivity index (χ0) is 10.8. The van der Waals surface area contributed by atoms with Crippen LogP contribution in [-0.2, 0) is 0 Å². The lowest BCUT2D eigenvalue weighted by atomic mass is 10.2. The Hall–Kier alpha value is -1.49. The highest BCUT2D eigenvalue weighted by molar-refractivity contribution is 5.94. The molecule has 0 aromatic carbocycles. The molecule has 5 heteroatoms. The highest BCUT2D eigenvalue weighted by Crippen LogP contribution is 2.12. The van der Waals surface area contributed by atoms with Gasteiger partial charge in [-0.15, -0.1) is 0 Å². The lowest BCUT2D eigenvalue weighted by molar-refractivity contribution is 0.0790. The van der Waals surface area contributed by atoms with Crippen LogP contribution >= 0.6 is 0 Å². The van der Waals surface area contributed by atoms with Crippen LogP contribution in [0, 0.1) is 5.82 Å². The zero-order valence-electron chi connectivity index (χ0n) is 8.19. The normalized spacial score (nSPS) is 20.7. The summed E-state index contributed by atoms with van der Waals surface area (Å²) in [6.45, 7) is 1.17. The number of carbonyl (C=O) groups excluding carboxylic acids is 1. The number of halogens is 1. The van der Waals surface area contributed by atoms with Gasteiger partial charge in [0.25, 0.3) is 5.91 Å². The smallest absolute Gasteiger partial charge is 0.255 e. The summed E-state index contributed by atoms with van der Waals surface area (Å²) in [7, 11) is 0. The maximum Gasteiger partial charge on any atom is 0.255 e. The van der Waals surface area contributed by atoms with Gasteiger partial charge in [-0.05, 0) is 12.5 Å². The van der Waals surface area contributed by atoms with E-state index in [0.29, 0.717) is 13.1 Å². The first-order chi connectivity index (χ1) is 7.16. The number of nitrogens with two attached hydrogens (primary N) is 1. The molecule has 1 fully saturated rings. The van der Waals surface area contributed by atoms with Crippen molar-refractivity contribution in [2.45, 2.75) is 12.5 Å². The Kier molecular flexibility index (Phi) is 2.64. The maximum absolute atomic E-state index is 12.8. The number of likely N-dealkylation sites (tertiary alicyclic amines) is 1. The Morgan fingerprint density at radius 3 is 3.00 bits per heavy atom. The fourth-order valence-electron chi connectivity index (χ4n) is 1.68. The minimum atomic E-state index is -0.496. The van der Waals surface area contributed by atoms with E-state index < -0.39 is 5.82 Å². The molecule has 2 rings (SSSR count). The molecule has 2 N–H and O–H groups in total. The number of amides is 1. The molecule has 1 aliphatic rings. The second-order valence-electron chi connectivity index (χ2n) is 3.69. The second kappa shape index (κ2) is 3.94. The minimum Gasteiger partial charge on any atom is -0.337 e. The van der Waals surface area contributed by atoms with Gasteiger partial charge >= 0.3 is 0 Å². The first-order valence-corrected chi connectivity index (χ1v) is 4.82. The Labute approximate surface area is 86.9 Å². The number of nitrogens with zero attached hydrogens (tertiary/aromatic N) is 2. The first-order valence-electron chi connectivity index (χ1n) is 4.82. The van der Waals surface area contributed by atoms with E-state index in [0.717, 1.165) is 12.6 Å². The monoisotopic (exact) mass is 209 g/mol. The molecule has 2 heterocycles. The lowest BCUT2D eigenvalue weighted by Crippen LogP contribution is -2.31. The molecule has 1 atom stereocenters. The predicted molar refractivity (Wildman–Crippen MR) is 52.7 cm³/mol. The van der Waals surface area contributed by atoms with Gasteiger partial charge in [0.1, 0.15) is 5.82 Å². The molecule has 0 bridgehead atoms. The van der Waals surface area contributed by atoms with Crippen molar-refractivity contribution < 1.29 is 9.18 Å². The third-order valence-electron chi connectivity index (χ3n) is 2.46. The standard InChI is InChI=1S/C10H12FN3O/c11-8-3-7(4-13-5-8)10(15)14-2-1-9(12)6-14/h3-5,9H,1-2,6,12H2/t9-/m1/s1. The summed E-state index contributed by atoms with van der Waals surface area (Å²) in [4.78, 5) is 17.1. The average molecular weight is 209 g/mol. The van der Waals surface area contributed by atoms with Gasteiger partial charge in [-0.25, -0.2) is 4.39 Å². The number of carbonyl (C=O) groups is 1. The van der Waals surface area contributed by atoms with Gasteiger partial charge in [-0.2, -0.15) is 0 Å². The van der Waals surface area contributed by atoms with E-state index in [-0.39, 0.29) is 17.5 Å². The average Bonchev–Trinajstić information content (AvgIpc) is 2.64. The third-order valence-corrected chi connectivity index (χ3v) is 2.46. The van der Waals surface area contributed by atoms with Crippen LogP contribution in [0.2, 0.25) is 0 Å². The van der Waals surface area contributed by atoms with Crippen molar-refractivity contribution in [3.05, 3.63) is 29.8 Å². The van der Waals surface area contributed by atoms with Crippen molar-refractivity contribution in [2.24, 2.45) is 5.73 Å². The van der Waals surface area contributed by atoms with Gasteiger partial charge in [0, 0.05) is 25.3 Å². The molecule has 1 amide bonds. The van der Waals surface area contributed by atoms with Crippen LogP contribution in [-0.4, -0.2) is 34.9 Å². The van der Waals surface area contributed by atoms with Gasteiger partial charge in [0.2, 0.25) is 0 Å². The Morgan fingerprint density at radius 2 is 2.40 bits per heavy atom. The maximum atomic E-state index is 12.8. The summed E-state index contributed by atoms with van der Waals surface area (Å²) in [6, 6.07) is 1.23. The highest BCUT2D eigenvalue weighted by Gasteiger charge is 2.24. The number of pyridine rings is 1. The number of hydrogen-bond acceptors (Lipinski definition) is 3. The van der Waals surface area contributed by atoms with Crippen LogP contribution < -0.4 is 5.73 Å². The molecule has 0 aliphatic carbocycles. The van der Waals surface area contributed by atoms with Gasteiger partial charge in [-0.3, -0.25) is 9.78 Å². The third kappa shape index (κ3) is 2.12. The molecule has 15 heavy (non-hydrogen) atoms. The number of hydrogen-bond donors (Lipinski definition) is 1. The fourth-order valence-corrected chi connectivity index (χ4v) is 1.68. The van der Waals surface area contributed by atoms with Crippen LogP contribution in [0.4, 0.5) is 4.39 Å². The van der Waals surface area contributed by atoms with Crippen LogP contribution in [0.1, 0.15) is 16.8 Å². The van der Waals surface area contributed by atoms with Crippen LogP contribution in [0.25, 0.3) is 0 Å². The molecule has 0 spiro atoms. The molecule has 0 unspecified atom stereocenters. The van der Waals surface area contributed by atoms with E-state index in [4.69, 9.17) is 5.73 Å². The first kappa shape index (κ1) is 10.0. The van der Waals surface area contributed by atoms with Crippen molar-refractivity contribution in [3.8, 4) is 0 Å². The molecule has 1 aliphatic heterocycles. The summed E-state index contributed by atoms with van der Waals surface area (Å²) >= 11 is 0. The molecular formula is C10H12FN3O. The quantitative estimate of drug-likeness (QED) is 0.728. The van der Waals surface area contributed by atoms with Gasteiger partial charge in [0.15, 0.2) is 0 Å². The summed E-state index contributed by atoms with van der Waals surface area (Å²) < 4.78 is 12.8. The Balaban J connectivity index is 2.14. The summed E-state index contributed by atoms with van der Waals surface area (Å²) in [5.74, 6) is -0.695. The van der Waals surface area contributed by atoms with E-state index in [9.17, 15) is 9.18 Å². The van der Waals surface area contributed by atoms with E-state index in [1.54, 1.807) is 4.90 Å². The highest BCUT2D eigenvalue weighted by atomic mass is 19.1. The summed E-state index contributed by atoms with van der Waals surface area (Å²) in [5.41, 5.74) is 5.97. The zero-order valence-corrected chi connectivity index (χ0v) is 8.19. The largest absolute Gasteiger partial charge is 0.337 e. The molecule has 80 valence electrons. The Bertz CT molecular complexity index is 383. The summed E-state index contributed by atoms with van der Waals surface area (Å²) in [6.07, 6.45) is 3.25. The second-order valence-corrected chi connectivity index (χ2v) is 3.69. The van der Waals surface area contributed by atoms with Crippen molar-refractivity contribution >= 4 is 5.91 Å². The van der Waals surface area contributed by atoms with E-state index in [1.807, 2.05) is 0 Å². The topological polar surface area (TPSA) is 59.2 Å². The van der Waals surface area contributed by atoms with Crippen LogP contribution in [0.15, 0.2) is 18.5 Å². The minimum absolute atomic E-state index is 0.0375. The SMILES string of the molecule is N[C@@H]1CCN(C(=O)c2cncc(F)c2)C1. The van der Waals surface area contributed by atoms with E-state index in [1.165, 1.54) is 12.3 Å². The van der Waals surface area contributed by atoms with Crippen molar-refractivity contribution in [1.82, 2.24) is 9.88 Å². The van der Waals surface area contributed by atoms with Crippen molar-refractivity contribution in [1.29, 1.82) is 0 Å². The van der Waals surface area contributed by atoms with Crippen molar-refractivity contribution in [2.75, 3.05) is 13.1 Å². The van der Waals surface area contributed by atoms with E-state index >= 15 is 0 Å². The molecule has 0 saturated carbocycles. The molecule has 1 aromatic rings. The molecule has 1 saturated heterocycles. The molecule has 4 nitrogen and oxygen atoms in total. The van der Waals surface area contributed by atoms with Crippen LogP contribution in [0.3, 0.4) is 0 Å². The van der Waals surface area contributed by atoms with Gasteiger partial charge in [-0.1, -0.05) is 0 Å². The Morgan fingerprint density at radius 1 is 1.60 bits per heavy atom. The van der Waals surface area contributed by atoms with Gasteiger partial charge < -0.3 is 10.6 Å². The lowest BCUT2D eigenvalue weighted by Gasteiger charge is -2.15. The molecule has 1 aromatic heterocycles. The fraction of sp³-hybridized carbons (Fsp3) is 0.400. The van der Waals surface area contributed by atoms with Gasteiger partial charge in [0.05, 0.1) is 11.8 Å². The molecular weight excluding hydrogens is 197 g/mol. The molecule has 0 radical (unpaired) electrons. The summed E-state index contributed by atoms with van der Waals surface area (Å²) in [5, 5.41) is 0. The van der Waals surface area contributed by atoms with Crippen LogP contribution in [0.5, 0.6) is 0 Å². The number of aromatic nitrogens is 1. The predicted octanol–water partition coefficient (Wildman–Crippen LogP) is 0.394. The van der Waals surface area contributed by atoms with E-state index in [2.05, 4.69) is 4.98 Å². The van der Waals surface area contributed by atoms with Crippen molar-refractivity contribution in [3.63, 3.8) is 0 Å². The number of rotatable bonds is 1.